The Morgan fingerprint density at radius 1 is 1.07 bits per heavy atom. The second-order valence-electron chi connectivity index (χ2n) is 6.74. The zero-order chi connectivity index (χ0) is 21.3. The number of carboxylic acids is 1. The van der Waals surface area contributed by atoms with Gasteiger partial charge in [-0.1, -0.05) is 42.5 Å². The minimum atomic E-state index is -1.01. The molecule has 4 rings (SSSR count). The van der Waals surface area contributed by atoms with Crippen LogP contribution in [-0.2, 0) is 11.3 Å². The molecule has 0 aliphatic carbocycles. The topological polar surface area (TPSA) is 87.8 Å². The molecule has 1 fully saturated rings. The van der Waals surface area contributed by atoms with Crippen LogP contribution in [0.4, 0.5) is 4.79 Å². The maximum atomic E-state index is 12.7. The highest BCUT2D eigenvalue weighted by atomic mass is 32.2. The molecule has 7 heteroatoms. The Balaban J connectivity index is 1.58. The molecule has 0 spiro atoms. The van der Waals surface area contributed by atoms with Crippen LogP contribution in [0.25, 0.3) is 17.4 Å². The third kappa shape index (κ3) is 3.79. The van der Waals surface area contributed by atoms with Gasteiger partial charge in [0.2, 0.25) is 0 Å². The van der Waals surface area contributed by atoms with Gasteiger partial charge in [-0.05, 0) is 48.0 Å². The first kappa shape index (κ1) is 19.7. The molecule has 0 radical (unpaired) electrons. The highest BCUT2D eigenvalue weighted by molar-refractivity contribution is 8.18. The third-order valence-corrected chi connectivity index (χ3v) is 5.69. The zero-order valence-electron chi connectivity index (χ0n) is 16.0. The maximum Gasteiger partial charge on any atom is 0.335 e. The number of carboxylic acid groups (broad SMARTS) is 1. The molecule has 1 aliphatic rings. The summed E-state index contributed by atoms with van der Waals surface area (Å²) in [4.78, 5) is 37.8. The molecule has 0 unspecified atom stereocenters. The number of benzene rings is 2. The van der Waals surface area contributed by atoms with Crippen molar-refractivity contribution in [3.8, 4) is 11.3 Å². The number of hydrogen-bond donors (Lipinski definition) is 1. The van der Waals surface area contributed by atoms with Gasteiger partial charge in [-0.15, -0.1) is 0 Å². The van der Waals surface area contributed by atoms with E-state index in [0.717, 1.165) is 17.3 Å². The standard InChI is InChI=1S/C23H17NO5S/c1-14-17(8-5-9-18(14)22(26)27)19-11-10-16(29-19)12-20-21(25)24(23(28)30-20)13-15-6-3-2-4-7-15/h2-12H,13H2,1H3,(H,26,27)/b20-12+. The fourth-order valence-corrected chi connectivity index (χ4v) is 4.06. The number of aromatic carboxylic acids is 1. The minimum absolute atomic E-state index is 0.201. The molecule has 2 heterocycles. The lowest BCUT2D eigenvalue weighted by Crippen LogP contribution is -2.27. The summed E-state index contributed by atoms with van der Waals surface area (Å²) in [6.07, 6.45) is 1.54. The number of hydrogen-bond acceptors (Lipinski definition) is 5. The van der Waals surface area contributed by atoms with Crippen LogP contribution >= 0.6 is 11.8 Å². The van der Waals surface area contributed by atoms with Crippen molar-refractivity contribution in [2.45, 2.75) is 13.5 Å². The summed E-state index contributed by atoms with van der Waals surface area (Å²) < 4.78 is 5.82. The Hall–Kier alpha value is -3.58. The van der Waals surface area contributed by atoms with E-state index in [-0.39, 0.29) is 28.2 Å². The first-order valence-corrected chi connectivity index (χ1v) is 9.98. The minimum Gasteiger partial charge on any atom is -0.478 e. The predicted octanol–water partition coefficient (Wildman–Crippen LogP) is 5.19. The van der Waals surface area contributed by atoms with Crippen LogP contribution in [0, 0.1) is 6.92 Å². The van der Waals surface area contributed by atoms with Gasteiger partial charge < -0.3 is 9.52 Å². The molecule has 2 amide bonds. The van der Waals surface area contributed by atoms with Crippen LogP contribution in [-0.4, -0.2) is 27.1 Å². The molecule has 1 N–H and O–H groups in total. The van der Waals surface area contributed by atoms with E-state index >= 15 is 0 Å². The lowest BCUT2D eigenvalue weighted by molar-refractivity contribution is -0.123. The molecule has 6 nitrogen and oxygen atoms in total. The van der Waals surface area contributed by atoms with Crippen LogP contribution in [0.3, 0.4) is 0 Å². The van der Waals surface area contributed by atoms with E-state index in [2.05, 4.69) is 0 Å². The highest BCUT2D eigenvalue weighted by Gasteiger charge is 2.35. The van der Waals surface area contributed by atoms with Crippen molar-refractivity contribution >= 4 is 35.0 Å². The van der Waals surface area contributed by atoms with Crippen molar-refractivity contribution in [2.75, 3.05) is 0 Å². The normalized spacial score (nSPS) is 15.2. The number of nitrogens with zero attached hydrogens (tertiary/aromatic N) is 1. The number of thioether (sulfide) groups is 1. The van der Waals surface area contributed by atoms with E-state index in [4.69, 9.17) is 4.42 Å². The predicted molar refractivity (Wildman–Crippen MR) is 114 cm³/mol. The number of amides is 2. The molecule has 1 saturated heterocycles. The molecule has 0 atom stereocenters. The summed E-state index contributed by atoms with van der Waals surface area (Å²) >= 11 is 0.871. The summed E-state index contributed by atoms with van der Waals surface area (Å²) in [5.74, 6) is -0.468. The number of rotatable bonds is 5. The van der Waals surface area contributed by atoms with Crippen molar-refractivity contribution in [2.24, 2.45) is 0 Å². The number of carbonyl (C=O) groups excluding carboxylic acids is 2. The molecule has 3 aromatic rings. The van der Waals surface area contributed by atoms with Crippen LogP contribution in [0.5, 0.6) is 0 Å². The van der Waals surface area contributed by atoms with Gasteiger partial charge in [0.25, 0.3) is 11.1 Å². The lowest BCUT2D eigenvalue weighted by atomic mass is 10.0. The van der Waals surface area contributed by atoms with Crippen LogP contribution in [0.1, 0.15) is 27.2 Å². The molecule has 30 heavy (non-hydrogen) atoms. The Morgan fingerprint density at radius 3 is 2.57 bits per heavy atom. The Labute approximate surface area is 176 Å². The van der Waals surface area contributed by atoms with Crippen molar-refractivity contribution in [1.82, 2.24) is 4.90 Å². The largest absolute Gasteiger partial charge is 0.478 e. The zero-order valence-corrected chi connectivity index (χ0v) is 16.8. The average Bonchev–Trinajstić information content (AvgIpc) is 3.29. The monoisotopic (exact) mass is 419 g/mol. The number of carbonyl (C=O) groups is 3. The van der Waals surface area contributed by atoms with Crippen LogP contribution in [0.15, 0.2) is 70.0 Å². The van der Waals surface area contributed by atoms with Crippen molar-refractivity contribution in [3.63, 3.8) is 0 Å². The smallest absolute Gasteiger partial charge is 0.335 e. The van der Waals surface area contributed by atoms with E-state index in [0.29, 0.717) is 22.6 Å². The van der Waals surface area contributed by atoms with Gasteiger partial charge in [-0.25, -0.2) is 4.79 Å². The highest BCUT2D eigenvalue weighted by Crippen LogP contribution is 2.35. The second kappa shape index (κ2) is 8.04. The average molecular weight is 419 g/mol. The van der Waals surface area contributed by atoms with Crippen molar-refractivity contribution in [3.05, 3.63) is 88.0 Å². The van der Waals surface area contributed by atoms with Crippen molar-refractivity contribution < 1.29 is 23.9 Å². The first-order valence-electron chi connectivity index (χ1n) is 9.16. The van der Waals surface area contributed by atoms with Gasteiger partial charge in [0.05, 0.1) is 17.0 Å². The van der Waals surface area contributed by atoms with Gasteiger partial charge in [-0.2, -0.15) is 0 Å². The van der Waals surface area contributed by atoms with Gasteiger partial charge in [-0.3, -0.25) is 14.5 Å². The van der Waals surface area contributed by atoms with E-state index in [1.54, 1.807) is 31.2 Å². The molecule has 0 bridgehead atoms. The van der Waals surface area contributed by atoms with Gasteiger partial charge in [0.15, 0.2) is 0 Å². The molecule has 1 aliphatic heterocycles. The van der Waals surface area contributed by atoms with E-state index < -0.39 is 5.97 Å². The fraction of sp³-hybridized carbons (Fsp3) is 0.0870. The molecule has 0 saturated carbocycles. The SMILES string of the molecule is Cc1c(C(=O)O)cccc1-c1ccc(/C=C2/SC(=O)N(Cc3ccccc3)C2=O)o1. The quantitative estimate of drug-likeness (QED) is 0.573. The first-order chi connectivity index (χ1) is 14.4. The van der Waals surface area contributed by atoms with Gasteiger partial charge in [0.1, 0.15) is 11.5 Å². The van der Waals surface area contributed by atoms with E-state index in [1.165, 1.54) is 17.0 Å². The summed E-state index contributed by atoms with van der Waals surface area (Å²) in [5.41, 5.74) is 2.32. The van der Waals surface area contributed by atoms with Crippen LogP contribution < -0.4 is 0 Å². The van der Waals surface area contributed by atoms with E-state index in [1.807, 2.05) is 30.3 Å². The number of furan rings is 1. The summed E-state index contributed by atoms with van der Waals surface area (Å²) in [6, 6.07) is 17.7. The summed E-state index contributed by atoms with van der Waals surface area (Å²) in [7, 11) is 0. The summed E-state index contributed by atoms with van der Waals surface area (Å²) in [5, 5.41) is 8.97. The Morgan fingerprint density at radius 2 is 1.83 bits per heavy atom. The second-order valence-corrected chi connectivity index (χ2v) is 7.73. The molecular weight excluding hydrogens is 402 g/mol. The molecule has 1 aromatic heterocycles. The molecule has 2 aromatic carbocycles. The summed E-state index contributed by atoms with van der Waals surface area (Å²) in [6.45, 7) is 1.93. The molecular formula is C23H17NO5S. The van der Waals surface area contributed by atoms with E-state index in [9.17, 15) is 19.5 Å². The lowest BCUT2D eigenvalue weighted by Gasteiger charge is -2.11. The maximum absolute atomic E-state index is 12.7. The third-order valence-electron chi connectivity index (χ3n) is 4.79. The Kier molecular flexibility index (Phi) is 5.29. The Bertz CT molecular complexity index is 1180. The van der Waals surface area contributed by atoms with Gasteiger partial charge in [0, 0.05) is 11.6 Å². The van der Waals surface area contributed by atoms with Crippen molar-refractivity contribution in [1.29, 1.82) is 0 Å². The molecule has 150 valence electrons. The van der Waals surface area contributed by atoms with Gasteiger partial charge >= 0.3 is 5.97 Å². The van der Waals surface area contributed by atoms with Crippen LogP contribution in [0.2, 0.25) is 0 Å². The number of imide groups is 1. The fourth-order valence-electron chi connectivity index (χ4n) is 3.24.